The molecule has 2 rings (SSSR count). The molecule has 0 amide bonds. The Balaban J connectivity index is 2.39. The van der Waals surface area contributed by atoms with Crippen LogP contribution in [0.4, 0.5) is 0 Å². The number of furan rings is 1. The van der Waals surface area contributed by atoms with Crippen LogP contribution >= 0.6 is 11.6 Å². The first-order valence-corrected chi connectivity index (χ1v) is 5.97. The third-order valence-corrected chi connectivity index (χ3v) is 3.10. The predicted octanol–water partition coefficient (Wildman–Crippen LogP) is 3.25. The second-order valence-corrected chi connectivity index (χ2v) is 4.43. The summed E-state index contributed by atoms with van der Waals surface area (Å²) in [5.74, 6) is 0.146. The molecule has 0 saturated heterocycles. The van der Waals surface area contributed by atoms with Crippen molar-refractivity contribution in [2.24, 2.45) is 11.7 Å². The van der Waals surface area contributed by atoms with E-state index in [4.69, 9.17) is 21.8 Å². The van der Waals surface area contributed by atoms with Gasteiger partial charge in [0.05, 0.1) is 0 Å². The van der Waals surface area contributed by atoms with Crippen LogP contribution in [0.2, 0.25) is 5.02 Å². The Morgan fingerprint density at radius 3 is 2.88 bits per heavy atom. The van der Waals surface area contributed by atoms with Gasteiger partial charge in [0, 0.05) is 22.9 Å². The highest BCUT2D eigenvalue weighted by molar-refractivity contribution is 6.31. The van der Waals surface area contributed by atoms with Gasteiger partial charge in [-0.1, -0.05) is 18.5 Å². The normalized spacial score (nSPS) is 12.9. The zero-order valence-corrected chi connectivity index (χ0v) is 10.3. The lowest BCUT2D eigenvalue weighted by molar-refractivity contribution is 0.0895. The standard InChI is InChI=1S/C13H14ClNO2/c1-2-8(7-15)13(16)12-6-9-5-10(14)3-4-11(9)17-12/h3-6,8H,2,7,15H2,1H3. The lowest BCUT2D eigenvalue weighted by atomic mass is 9.99. The average Bonchev–Trinajstić information content (AvgIpc) is 2.73. The molecule has 1 aromatic carbocycles. The first kappa shape index (κ1) is 12.1. The van der Waals surface area contributed by atoms with Crippen LogP contribution < -0.4 is 5.73 Å². The van der Waals surface area contributed by atoms with Crippen LogP contribution in [0.25, 0.3) is 11.0 Å². The molecular weight excluding hydrogens is 238 g/mol. The minimum atomic E-state index is -0.175. The number of rotatable bonds is 4. The first-order valence-electron chi connectivity index (χ1n) is 5.59. The van der Waals surface area contributed by atoms with Crippen LogP contribution in [0.15, 0.2) is 28.7 Å². The van der Waals surface area contributed by atoms with E-state index in [1.54, 1.807) is 24.3 Å². The van der Waals surface area contributed by atoms with Crippen LogP contribution in [0, 0.1) is 5.92 Å². The van der Waals surface area contributed by atoms with Crippen molar-refractivity contribution in [2.75, 3.05) is 6.54 Å². The second-order valence-electron chi connectivity index (χ2n) is 4.00. The van der Waals surface area contributed by atoms with Crippen LogP contribution in [-0.4, -0.2) is 12.3 Å². The van der Waals surface area contributed by atoms with E-state index < -0.39 is 0 Å². The topological polar surface area (TPSA) is 56.2 Å². The third kappa shape index (κ3) is 2.35. The molecule has 0 saturated carbocycles. The molecule has 0 spiro atoms. The van der Waals surface area contributed by atoms with Gasteiger partial charge < -0.3 is 10.2 Å². The number of carbonyl (C=O) groups is 1. The number of nitrogens with two attached hydrogens (primary N) is 1. The minimum absolute atomic E-state index is 0.0395. The summed E-state index contributed by atoms with van der Waals surface area (Å²) in [5.41, 5.74) is 6.23. The number of ketones is 1. The molecule has 0 radical (unpaired) electrons. The summed E-state index contributed by atoms with van der Waals surface area (Å²) in [4.78, 5) is 12.1. The maximum absolute atomic E-state index is 12.1. The summed E-state index contributed by atoms with van der Waals surface area (Å²) in [5, 5.41) is 1.47. The molecule has 1 unspecified atom stereocenters. The molecule has 0 bridgehead atoms. The number of hydrogen-bond donors (Lipinski definition) is 1. The predicted molar refractivity (Wildman–Crippen MR) is 68.4 cm³/mol. The molecule has 0 aliphatic carbocycles. The highest BCUT2D eigenvalue weighted by Crippen LogP contribution is 2.24. The third-order valence-electron chi connectivity index (χ3n) is 2.87. The Labute approximate surface area is 105 Å². The molecule has 1 aromatic heterocycles. The summed E-state index contributed by atoms with van der Waals surface area (Å²) < 4.78 is 5.51. The Kier molecular flexibility index (Phi) is 3.50. The fraction of sp³-hybridized carbons (Fsp3) is 0.308. The zero-order valence-electron chi connectivity index (χ0n) is 9.57. The fourth-order valence-electron chi connectivity index (χ4n) is 1.80. The van der Waals surface area contributed by atoms with Gasteiger partial charge in [-0.15, -0.1) is 0 Å². The Morgan fingerprint density at radius 1 is 1.47 bits per heavy atom. The summed E-state index contributed by atoms with van der Waals surface area (Å²) in [6.07, 6.45) is 0.715. The zero-order chi connectivity index (χ0) is 12.4. The van der Waals surface area contributed by atoms with Crippen LogP contribution in [0.5, 0.6) is 0 Å². The van der Waals surface area contributed by atoms with Crippen molar-refractivity contribution in [3.63, 3.8) is 0 Å². The molecule has 0 aliphatic heterocycles. The molecule has 2 N–H and O–H groups in total. The molecule has 1 heterocycles. The van der Waals surface area contributed by atoms with Gasteiger partial charge in [0.2, 0.25) is 5.78 Å². The van der Waals surface area contributed by atoms with Gasteiger partial charge >= 0.3 is 0 Å². The van der Waals surface area contributed by atoms with E-state index in [1.165, 1.54) is 0 Å². The summed E-state index contributed by atoms with van der Waals surface area (Å²) in [6, 6.07) is 7.00. The van der Waals surface area contributed by atoms with E-state index in [2.05, 4.69) is 0 Å². The molecule has 4 heteroatoms. The average molecular weight is 252 g/mol. The van der Waals surface area contributed by atoms with Crippen molar-refractivity contribution in [1.29, 1.82) is 0 Å². The van der Waals surface area contributed by atoms with Gasteiger partial charge in [-0.25, -0.2) is 0 Å². The summed E-state index contributed by atoms with van der Waals surface area (Å²) >= 11 is 5.88. The van der Waals surface area contributed by atoms with Gasteiger partial charge in [0.1, 0.15) is 5.58 Å². The molecular formula is C13H14ClNO2. The monoisotopic (exact) mass is 251 g/mol. The van der Waals surface area contributed by atoms with E-state index in [9.17, 15) is 4.79 Å². The van der Waals surface area contributed by atoms with Gasteiger partial charge in [-0.3, -0.25) is 4.79 Å². The van der Waals surface area contributed by atoms with Crippen molar-refractivity contribution >= 4 is 28.4 Å². The largest absolute Gasteiger partial charge is 0.453 e. The van der Waals surface area contributed by atoms with Crippen molar-refractivity contribution in [1.82, 2.24) is 0 Å². The molecule has 2 aromatic rings. The van der Waals surface area contributed by atoms with Crippen LogP contribution in [-0.2, 0) is 0 Å². The number of halogens is 1. The number of benzene rings is 1. The van der Waals surface area contributed by atoms with Crippen molar-refractivity contribution in [3.05, 3.63) is 35.0 Å². The lowest BCUT2D eigenvalue weighted by Crippen LogP contribution is -2.22. The maximum Gasteiger partial charge on any atom is 0.202 e. The SMILES string of the molecule is CCC(CN)C(=O)c1cc2cc(Cl)ccc2o1. The van der Waals surface area contributed by atoms with E-state index in [0.29, 0.717) is 29.3 Å². The van der Waals surface area contributed by atoms with Crippen LogP contribution in [0.3, 0.4) is 0 Å². The number of hydrogen-bond acceptors (Lipinski definition) is 3. The molecule has 90 valence electrons. The molecule has 3 nitrogen and oxygen atoms in total. The van der Waals surface area contributed by atoms with E-state index >= 15 is 0 Å². The van der Waals surface area contributed by atoms with Gasteiger partial charge in [-0.05, 0) is 30.7 Å². The Morgan fingerprint density at radius 2 is 2.24 bits per heavy atom. The fourth-order valence-corrected chi connectivity index (χ4v) is 1.98. The van der Waals surface area contributed by atoms with E-state index in [0.717, 1.165) is 5.39 Å². The Bertz CT molecular complexity index is 543. The van der Waals surface area contributed by atoms with Gasteiger partial charge in [0.25, 0.3) is 0 Å². The minimum Gasteiger partial charge on any atom is -0.453 e. The second kappa shape index (κ2) is 4.90. The smallest absolute Gasteiger partial charge is 0.202 e. The van der Waals surface area contributed by atoms with Gasteiger partial charge in [0.15, 0.2) is 5.76 Å². The number of carbonyl (C=O) groups excluding carboxylic acids is 1. The first-order chi connectivity index (χ1) is 8.15. The van der Waals surface area contributed by atoms with Crippen molar-refractivity contribution in [2.45, 2.75) is 13.3 Å². The van der Waals surface area contributed by atoms with Crippen molar-refractivity contribution < 1.29 is 9.21 Å². The number of Topliss-reactive ketones (excluding diaryl/α,β-unsaturated/α-hetero) is 1. The van der Waals surface area contributed by atoms with Crippen molar-refractivity contribution in [3.8, 4) is 0 Å². The molecule has 0 aliphatic rings. The number of fused-ring (bicyclic) bond motifs is 1. The highest BCUT2D eigenvalue weighted by Gasteiger charge is 2.20. The Hall–Kier alpha value is -1.32. The quantitative estimate of drug-likeness (QED) is 0.849. The summed E-state index contributed by atoms with van der Waals surface area (Å²) in [6.45, 7) is 2.28. The van der Waals surface area contributed by atoms with E-state index in [-0.39, 0.29) is 11.7 Å². The van der Waals surface area contributed by atoms with E-state index in [1.807, 2.05) is 6.92 Å². The molecule has 0 fully saturated rings. The van der Waals surface area contributed by atoms with Gasteiger partial charge in [-0.2, -0.15) is 0 Å². The maximum atomic E-state index is 12.1. The summed E-state index contributed by atoms with van der Waals surface area (Å²) in [7, 11) is 0. The highest BCUT2D eigenvalue weighted by atomic mass is 35.5. The van der Waals surface area contributed by atoms with Crippen LogP contribution in [0.1, 0.15) is 23.9 Å². The molecule has 1 atom stereocenters. The lowest BCUT2D eigenvalue weighted by Gasteiger charge is -2.07. The molecule has 17 heavy (non-hydrogen) atoms.